The zero-order valence-corrected chi connectivity index (χ0v) is 85.1. The molecule has 0 aromatic heterocycles. The van der Waals surface area contributed by atoms with Crippen molar-refractivity contribution >= 4 is 0 Å². The van der Waals surface area contributed by atoms with Crippen LogP contribution in [0.15, 0.2) is 54.6 Å². The summed E-state index contributed by atoms with van der Waals surface area (Å²) in [5.41, 5.74) is 6.17. The minimum Gasteiger partial charge on any atom is -0.494 e. The van der Waals surface area contributed by atoms with Gasteiger partial charge in [-0.3, -0.25) is 0 Å². The van der Waals surface area contributed by atoms with Crippen LogP contribution in [0.4, 0.5) is 0 Å². The lowest BCUT2D eigenvalue weighted by molar-refractivity contribution is -0.0141. The first-order chi connectivity index (χ1) is 66.1. The van der Waals surface area contributed by atoms with Crippen LogP contribution in [0.5, 0.6) is 17.2 Å². The second kappa shape index (κ2) is 103. The fourth-order valence-electron chi connectivity index (χ4n) is 15.6. The fourth-order valence-corrected chi connectivity index (χ4v) is 15.6. The zero-order chi connectivity index (χ0) is 94.3. The predicted molar refractivity (Wildman–Crippen MR) is 536 cm³/mol. The topological polar surface area (TPSA) is 234 Å². The van der Waals surface area contributed by atoms with Gasteiger partial charge in [0.05, 0.1) is 271 Å². The maximum atomic E-state index is 8.86. The number of hydrogen-bond donors (Lipinski definition) is 2. The maximum Gasteiger partial charge on any atom is 0.120 e. The summed E-state index contributed by atoms with van der Waals surface area (Å²) in [6.45, 7) is 25.0. The van der Waals surface area contributed by atoms with Crippen LogP contribution >= 0.6 is 0 Å². The molecule has 0 saturated carbocycles. The van der Waals surface area contributed by atoms with Crippen LogP contribution in [0.25, 0.3) is 0 Å². The molecule has 23 nitrogen and oxygen atoms in total. The number of unbranched alkanes of at least 4 members (excludes halogenated alkanes) is 45. The highest BCUT2D eigenvalue weighted by atomic mass is 16.6. The molecule has 0 aliphatic rings. The van der Waals surface area contributed by atoms with Gasteiger partial charge in [0.25, 0.3) is 0 Å². The highest BCUT2D eigenvalue weighted by Crippen LogP contribution is 2.26. The van der Waals surface area contributed by atoms with Crippen molar-refractivity contribution in [1.82, 2.24) is 0 Å². The van der Waals surface area contributed by atoms with E-state index in [0.717, 1.165) is 69.9 Å². The van der Waals surface area contributed by atoms with Gasteiger partial charge in [-0.1, -0.05) is 328 Å². The minimum atomic E-state index is 0.00945. The standard InChI is InChI=1S/C110H198O23/c1-4-7-10-13-16-19-22-25-28-31-34-37-40-43-46-49-54-131-108-90-102(96-125-81-75-119-69-63-115-61-59-113-57-52-111)87-104(92-108)98-127-83-77-121-71-65-117-67-73-123-79-85-129-100-106-89-107(95-110(94-106)133-56-51-48-45-42-39-36-33-30-27-24-21-18-15-12-9-6-3)101-130-86-80-124-74-68-118-66-72-122-78-84-128-99-105-88-103(97-126-82-76-120-70-64-116-62-60-114-58-53-112)91-109(93-105)132-55-50-47-44-41-38-35-32-29-26-23-20-17-14-11-8-5-2/h87-95,111-112H,4-86,96-101H2,1-3H3. The van der Waals surface area contributed by atoms with Crippen molar-refractivity contribution < 1.29 is 110 Å². The summed E-state index contributed by atoms with van der Waals surface area (Å²) in [6, 6.07) is 18.8. The van der Waals surface area contributed by atoms with Crippen LogP contribution in [-0.2, 0) is 125 Å². The van der Waals surface area contributed by atoms with Crippen LogP contribution in [0, 0.1) is 0 Å². The molecular formula is C110H198O23. The molecule has 133 heavy (non-hydrogen) atoms. The van der Waals surface area contributed by atoms with E-state index in [9.17, 15) is 0 Å². The van der Waals surface area contributed by atoms with E-state index in [4.69, 9.17) is 110 Å². The highest BCUT2D eigenvalue weighted by molar-refractivity contribution is 5.36. The maximum absolute atomic E-state index is 8.86. The van der Waals surface area contributed by atoms with Gasteiger partial charge < -0.3 is 110 Å². The summed E-state index contributed by atoms with van der Waals surface area (Å²) in [5.74, 6) is 2.51. The molecular weight excluding hydrogens is 1690 g/mol. The third kappa shape index (κ3) is 87.0. The van der Waals surface area contributed by atoms with Crippen LogP contribution < -0.4 is 14.2 Å². The van der Waals surface area contributed by atoms with Crippen molar-refractivity contribution in [3.8, 4) is 17.2 Å². The summed E-state index contributed by atoms with van der Waals surface area (Å²) in [6.07, 6.45) is 64.2. The lowest BCUT2D eigenvalue weighted by atomic mass is 10.0. The molecule has 3 rings (SSSR count). The second-order valence-electron chi connectivity index (χ2n) is 35.5. The van der Waals surface area contributed by atoms with Crippen LogP contribution in [0.3, 0.4) is 0 Å². The molecule has 23 heteroatoms. The van der Waals surface area contributed by atoms with Crippen molar-refractivity contribution in [2.24, 2.45) is 0 Å². The lowest BCUT2D eigenvalue weighted by Gasteiger charge is -2.13. The lowest BCUT2D eigenvalue weighted by Crippen LogP contribution is -2.13. The van der Waals surface area contributed by atoms with Gasteiger partial charge in [0.2, 0.25) is 0 Å². The number of aliphatic hydroxyl groups excluding tert-OH is 2. The Kier molecular flexibility index (Phi) is 95.2. The molecule has 0 amide bonds. The SMILES string of the molecule is CCCCCCCCCCCCCCCCCCOc1cc(COCCOCCOCCOCCO)cc(COCCOCCOCCOCCOCc2cc(COCCOCCOCCOCCOCc3cc(COCCOCCOCCOCCO)cc(OCCCCCCCCCCCCCCCCCC)c3)cc(OCCCCCCCCCCCCCCCCCC)c2)c1. The van der Waals surface area contributed by atoms with Gasteiger partial charge in [-0.05, 0) is 89.0 Å². The summed E-state index contributed by atoms with van der Waals surface area (Å²) in [7, 11) is 0. The van der Waals surface area contributed by atoms with Crippen molar-refractivity contribution in [2.45, 2.75) is 369 Å². The number of rotatable bonds is 112. The van der Waals surface area contributed by atoms with E-state index in [-0.39, 0.29) is 13.2 Å². The molecule has 0 unspecified atom stereocenters. The molecule has 0 saturated heterocycles. The largest absolute Gasteiger partial charge is 0.494 e. The van der Waals surface area contributed by atoms with Gasteiger partial charge in [-0.15, -0.1) is 0 Å². The van der Waals surface area contributed by atoms with E-state index in [1.165, 1.54) is 289 Å². The van der Waals surface area contributed by atoms with Gasteiger partial charge in [-0.2, -0.15) is 0 Å². The monoisotopic (exact) mass is 1890 g/mol. The molecule has 0 spiro atoms. The van der Waals surface area contributed by atoms with Gasteiger partial charge >= 0.3 is 0 Å². The average Bonchev–Trinajstić information content (AvgIpc) is 0.879. The van der Waals surface area contributed by atoms with Crippen molar-refractivity contribution in [3.05, 3.63) is 88.0 Å². The number of hydrogen-bond acceptors (Lipinski definition) is 23. The Hall–Kier alpha value is -3.74. The molecule has 0 aliphatic carbocycles. The number of aliphatic hydroxyl groups is 2. The van der Waals surface area contributed by atoms with Crippen molar-refractivity contribution in [2.75, 3.05) is 231 Å². The molecule has 0 bridgehead atoms. The third-order valence-corrected chi connectivity index (χ3v) is 23.2. The molecule has 0 radical (unpaired) electrons. The molecule has 2 N–H and O–H groups in total. The highest BCUT2D eigenvalue weighted by Gasteiger charge is 2.12. The molecule has 0 atom stereocenters. The van der Waals surface area contributed by atoms with E-state index in [1.54, 1.807) is 0 Å². The summed E-state index contributed by atoms with van der Waals surface area (Å²) < 4.78 is 124. The first kappa shape index (κ1) is 123. The van der Waals surface area contributed by atoms with E-state index in [2.05, 4.69) is 75.4 Å². The van der Waals surface area contributed by atoms with Crippen LogP contribution in [0.2, 0.25) is 0 Å². The zero-order valence-electron chi connectivity index (χ0n) is 85.1. The Labute approximate surface area is 810 Å². The van der Waals surface area contributed by atoms with Crippen molar-refractivity contribution in [1.29, 1.82) is 0 Å². The number of benzene rings is 3. The molecule has 3 aromatic rings. The second-order valence-corrected chi connectivity index (χ2v) is 35.5. The van der Waals surface area contributed by atoms with Crippen LogP contribution in [-0.4, -0.2) is 241 Å². The molecule has 0 aliphatic heterocycles. The van der Waals surface area contributed by atoms with Crippen molar-refractivity contribution in [3.63, 3.8) is 0 Å². The Morgan fingerprint density at radius 3 is 0.391 bits per heavy atom. The normalized spacial score (nSPS) is 11.7. The molecule has 0 heterocycles. The fraction of sp³-hybridized carbons (Fsp3) is 0.836. The molecule has 776 valence electrons. The van der Waals surface area contributed by atoms with E-state index in [1.807, 2.05) is 0 Å². The first-order valence-corrected chi connectivity index (χ1v) is 53.9. The Morgan fingerprint density at radius 1 is 0.135 bits per heavy atom. The van der Waals surface area contributed by atoms with Crippen LogP contribution in [0.1, 0.15) is 362 Å². The van der Waals surface area contributed by atoms with Gasteiger partial charge in [0.1, 0.15) is 17.2 Å². The third-order valence-electron chi connectivity index (χ3n) is 23.2. The summed E-state index contributed by atoms with van der Waals surface area (Å²) >= 11 is 0. The Morgan fingerprint density at radius 2 is 0.256 bits per heavy atom. The smallest absolute Gasteiger partial charge is 0.120 e. The quantitative estimate of drug-likeness (QED) is 0.0500. The Bertz CT molecular complexity index is 2650. The van der Waals surface area contributed by atoms with Gasteiger partial charge in [0, 0.05) is 0 Å². The summed E-state index contributed by atoms with van der Waals surface area (Å²) in [5, 5.41) is 17.7. The number of ether oxygens (including phenoxy) is 21. The molecule has 3 aromatic carbocycles. The molecule has 0 fully saturated rings. The van der Waals surface area contributed by atoms with Gasteiger partial charge in [-0.25, -0.2) is 0 Å². The van der Waals surface area contributed by atoms with E-state index >= 15 is 0 Å². The Balaban J connectivity index is 1.34. The van der Waals surface area contributed by atoms with E-state index < -0.39 is 0 Å². The first-order valence-electron chi connectivity index (χ1n) is 53.9. The van der Waals surface area contributed by atoms with E-state index in [0.29, 0.717) is 258 Å². The summed E-state index contributed by atoms with van der Waals surface area (Å²) in [4.78, 5) is 0. The minimum absolute atomic E-state index is 0.00945. The predicted octanol–water partition coefficient (Wildman–Crippen LogP) is 24.3. The average molecular weight is 1890 g/mol. The van der Waals surface area contributed by atoms with Gasteiger partial charge in [0.15, 0.2) is 0 Å².